The van der Waals surface area contributed by atoms with Gasteiger partial charge in [0.2, 0.25) is 10.0 Å². The van der Waals surface area contributed by atoms with Crippen molar-refractivity contribution in [3.8, 4) is 0 Å². The quantitative estimate of drug-likeness (QED) is 0.477. The van der Waals surface area contributed by atoms with Crippen molar-refractivity contribution in [3.63, 3.8) is 0 Å². The molecule has 2 heterocycles. The van der Waals surface area contributed by atoms with Gasteiger partial charge in [0, 0.05) is 50.9 Å². The highest BCUT2D eigenvalue weighted by molar-refractivity contribution is 7.88. The number of rotatable bonds is 6. The Morgan fingerprint density at radius 3 is 2.23 bits per heavy atom. The van der Waals surface area contributed by atoms with Gasteiger partial charge >= 0.3 is 0 Å². The predicted octanol–water partition coefficient (Wildman–Crippen LogP) is 3.17. The zero-order valence-corrected chi connectivity index (χ0v) is 20.8. The van der Waals surface area contributed by atoms with E-state index in [2.05, 4.69) is 12.2 Å². The van der Waals surface area contributed by atoms with Gasteiger partial charge in [-0.2, -0.15) is 4.31 Å². The molecular formula is C24H31N5O5S. The van der Waals surface area contributed by atoms with Crippen LogP contribution in [0.5, 0.6) is 0 Å². The molecule has 2 aromatic carbocycles. The number of hydrogen-bond acceptors (Lipinski definition) is 7. The van der Waals surface area contributed by atoms with E-state index in [1.54, 1.807) is 24.3 Å². The highest BCUT2D eigenvalue weighted by Crippen LogP contribution is 2.33. The Kier molecular flexibility index (Phi) is 7.27. The van der Waals surface area contributed by atoms with Gasteiger partial charge in [-0.1, -0.05) is 19.1 Å². The zero-order chi connectivity index (χ0) is 25.2. The molecule has 1 N–H and O–H groups in total. The van der Waals surface area contributed by atoms with Crippen LogP contribution in [0.3, 0.4) is 0 Å². The lowest BCUT2D eigenvalue weighted by atomic mass is 9.98. The van der Waals surface area contributed by atoms with Crippen LogP contribution in [0.15, 0.2) is 42.5 Å². The molecule has 2 aliphatic heterocycles. The summed E-state index contributed by atoms with van der Waals surface area (Å²) in [5.41, 5.74) is 2.03. The van der Waals surface area contributed by atoms with E-state index in [1.165, 1.54) is 16.6 Å². The average Bonchev–Trinajstić information content (AvgIpc) is 2.84. The first-order valence-electron chi connectivity index (χ1n) is 11.8. The van der Waals surface area contributed by atoms with Crippen LogP contribution in [0.25, 0.3) is 0 Å². The monoisotopic (exact) mass is 501 g/mol. The number of anilines is 3. The first-order valence-corrected chi connectivity index (χ1v) is 13.6. The van der Waals surface area contributed by atoms with E-state index < -0.39 is 20.9 Å². The number of piperazine rings is 1. The standard InChI is InChI=1S/C24H31N5O5S/c1-18-9-11-26(12-10-18)22-8-7-19(17-23(22)29(31)32)24(30)25-20-5-3-4-6-21(20)27-13-15-28(16-14-27)35(2,33)34/h3-8,17-18H,9-16H2,1-2H3,(H,25,30). The molecule has 0 saturated carbocycles. The number of sulfonamides is 1. The smallest absolute Gasteiger partial charge is 0.293 e. The highest BCUT2D eigenvalue weighted by atomic mass is 32.2. The lowest BCUT2D eigenvalue weighted by Gasteiger charge is -2.35. The molecule has 10 nitrogen and oxygen atoms in total. The summed E-state index contributed by atoms with van der Waals surface area (Å²) in [5, 5.41) is 14.7. The minimum absolute atomic E-state index is 0.0719. The molecule has 0 bridgehead atoms. The van der Waals surface area contributed by atoms with Crippen molar-refractivity contribution in [2.45, 2.75) is 19.8 Å². The normalized spacial score (nSPS) is 17.9. The van der Waals surface area contributed by atoms with Gasteiger partial charge in [-0.15, -0.1) is 0 Å². The van der Waals surface area contributed by atoms with Crippen LogP contribution in [0, 0.1) is 16.0 Å². The number of nitro groups is 1. The topological polar surface area (TPSA) is 116 Å². The van der Waals surface area contributed by atoms with Crippen molar-refractivity contribution < 1.29 is 18.1 Å². The van der Waals surface area contributed by atoms with Gasteiger partial charge in [-0.05, 0) is 43.0 Å². The Labute approximate surface area is 205 Å². The molecule has 0 aromatic heterocycles. The third-order valence-corrected chi connectivity index (χ3v) is 8.06. The number of piperidine rings is 1. The highest BCUT2D eigenvalue weighted by Gasteiger charge is 2.27. The number of nitrogens with zero attached hydrogens (tertiary/aromatic N) is 4. The number of carbonyl (C=O) groups excluding carboxylic acids is 1. The number of amides is 1. The van der Waals surface area contributed by atoms with Crippen molar-refractivity contribution in [1.82, 2.24) is 4.31 Å². The van der Waals surface area contributed by atoms with Gasteiger partial charge in [-0.25, -0.2) is 8.42 Å². The van der Waals surface area contributed by atoms with E-state index in [0.717, 1.165) is 31.6 Å². The Morgan fingerprint density at radius 2 is 1.60 bits per heavy atom. The molecule has 0 aliphatic carbocycles. The molecule has 0 radical (unpaired) electrons. The van der Waals surface area contributed by atoms with Crippen molar-refractivity contribution in [2.75, 3.05) is 60.6 Å². The molecule has 11 heteroatoms. The molecule has 0 spiro atoms. The maximum absolute atomic E-state index is 13.1. The SMILES string of the molecule is CC1CCN(c2ccc(C(=O)Nc3ccccc3N3CCN(S(C)(=O)=O)CC3)cc2[N+](=O)[O-])CC1. The van der Waals surface area contributed by atoms with Crippen LogP contribution < -0.4 is 15.1 Å². The molecule has 2 aromatic rings. The van der Waals surface area contributed by atoms with Gasteiger partial charge in [0.05, 0.1) is 22.6 Å². The summed E-state index contributed by atoms with van der Waals surface area (Å²) in [5.74, 6) is 0.166. The second-order valence-corrected chi connectivity index (χ2v) is 11.2. The molecule has 2 saturated heterocycles. The molecular weight excluding hydrogens is 470 g/mol. The predicted molar refractivity (Wildman–Crippen MR) is 137 cm³/mol. The lowest BCUT2D eigenvalue weighted by Crippen LogP contribution is -2.48. The van der Waals surface area contributed by atoms with Crippen LogP contribution in [0.1, 0.15) is 30.1 Å². The van der Waals surface area contributed by atoms with E-state index in [1.807, 2.05) is 21.9 Å². The van der Waals surface area contributed by atoms with Crippen LogP contribution >= 0.6 is 0 Å². The van der Waals surface area contributed by atoms with Crippen LogP contribution in [0.2, 0.25) is 0 Å². The largest absolute Gasteiger partial charge is 0.367 e. The second kappa shape index (κ2) is 10.2. The molecule has 4 rings (SSSR count). The van der Waals surface area contributed by atoms with Crippen LogP contribution in [-0.4, -0.2) is 69.1 Å². The van der Waals surface area contributed by atoms with Gasteiger partial charge in [0.25, 0.3) is 11.6 Å². The maximum atomic E-state index is 13.1. The van der Waals surface area contributed by atoms with E-state index in [0.29, 0.717) is 43.5 Å². The second-order valence-electron chi connectivity index (χ2n) is 9.25. The summed E-state index contributed by atoms with van der Waals surface area (Å²) in [4.78, 5) is 28.5. The minimum Gasteiger partial charge on any atom is -0.367 e. The number of nitrogens with one attached hydrogen (secondary N) is 1. The van der Waals surface area contributed by atoms with Gasteiger partial charge in [0.15, 0.2) is 0 Å². The van der Waals surface area contributed by atoms with Crippen molar-refractivity contribution in [3.05, 3.63) is 58.1 Å². The van der Waals surface area contributed by atoms with E-state index in [4.69, 9.17) is 0 Å². The first kappa shape index (κ1) is 24.9. The van der Waals surface area contributed by atoms with E-state index in [-0.39, 0.29) is 11.3 Å². The van der Waals surface area contributed by atoms with E-state index in [9.17, 15) is 23.3 Å². The third-order valence-electron chi connectivity index (χ3n) is 6.76. The number of para-hydroxylation sites is 2. The molecule has 0 unspecified atom stereocenters. The van der Waals surface area contributed by atoms with Crippen LogP contribution in [-0.2, 0) is 10.0 Å². The van der Waals surface area contributed by atoms with Gasteiger partial charge in [-0.3, -0.25) is 14.9 Å². The fourth-order valence-electron chi connectivity index (χ4n) is 4.64. The van der Waals surface area contributed by atoms with Gasteiger partial charge < -0.3 is 15.1 Å². The minimum atomic E-state index is -3.24. The number of benzene rings is 2. The Morgan fingerprint density at radius 1 is 0.971 bits per heavy atom. The Balaban J connectivity index is 1.52. The van der Waals surface area contributed by atoms with Gasteiger partial charge in [0.1, 0.15) is 5.69 Å². The molecule has 188 valence electrons. The Hall–Kier alpha value is -3.18. The van der Waals surface area contributed by atoms with Crippen molar-refractivity contribution in [2.24, 2.45) is 5.92 Å². The summed E-state index contributed by atoms with van der Waals surface area (Å²) in [6.45, 7) is 5.42. The summed E-state index contributed by atoms with van der Waals surface area (Å²) in [7, 11) is -3.24. The molecule has 0 atom stereocenters. The number of carbonyl (C=O) groups is 1. The van der Waals surface area contributed by atoms with Crippen molar-refractivity contribution in [1.29, 1.82) is 0 Å². The lowest BCUT2D eigenvalue weighted by molar-refractivity contribution is -0.384. The summed E-state index contributed by atoms with van der Waals surface area (Å²) >= 11 is 0. The third kappa shape index (κ3) is 5.73. The van der Waals surface area contributed by atoms with E-state index >= 15 is 0 Å². The average molecular weight is 502 g/mol. The fraction of sp³-hybridized carbons (Fsp3) is 0.458. The van der Waals surface area contributed by atoms with Crippen molar-refractivity contribution >= 4 is 38.7 Å². The Bertz CT molecular complexity index is 1200. The molecule has 35 heavy (non-hydrogen) atoms. The number of hydrogen-bond donors (Lipinski definition) is 1. The van der Waals surface area contributed by atoms with Crippen LogP contribution in [0.4, 0.5) is 22.7 Å². The fourth-order valence-corrected chi connectivity index (χ4v) is 5.46. The zero-order valence-electron chi connectivity index (χ0n) is 20.0. The summed E-state index contributed by atoms with van der Waals surface area (Å²) < 4.78 is 25.1. The summed E-state index contributed by atoms with van der Waals surface area (Å²) in [6.07, 6.45) is 3.16. The molecule has 2 fully saturated rings. The molecule has 1 amide bonds. The maximum Gasteiger partial charge on any atom is 0.293 e. The summed E-state index contributed by atoms with van der Waals surface area (Å²) in [6, 6.07) is 11.9. The molecule has 2 aliphatic rings. The number of nitro benzene ring substituents is 1. The first-order chi connectivity index (χ1) is 16.6.